The normalized spacial score (nSPS) is 14.3. The number of carbonyl (C=O) groups is 2. The average Bonchev–Trinajstić information content (AvgIpc) is 3.21. The Bertz CT molecular complexity index is 994. The number of anilines is 1. The first-order valence-corrected chi connectivity index (χ1v) is 8.89. The molecule has 1 aliphatic rings. The molecule has 1 amide bonds. The van der Waals surface area contributed by atoms with E-state index in [1.807, 2.05) is 0 Å². The maximum atomic E-state index is 13.0. The third kappa shape index (κ3) is 3.66. The fraction of sp³-hybridized carbons (Fsp3) is 0.250. The minimum atomic E-state index is -0.613. The number of amides is 1. The molecule has 1 aliphatic heterocycles. The highest BCUT2D eigenvalue weighted by Crippen LogP contribution is 2.19. The molecule has 3 aromatic rings. The van der Waals surface area contributed by atoms with Crippen LogP contribution in [0.5, 0.6) is 0 Å². The van der Waals surface area contributed by atoms with Gasteiger partial charge in [0, 0.05) is 31.9 Å². The van der Waals surface area contributed by atoms with Crippen molar-refractivity contribution in [1.82, 2.24) is 9.88 Å². The number of fused-ring (bicyclic) bond motifs is 1. The molecule has 0 aliphatic carbocycles. The summed E-state index contributed by atoms with van der Waals surface area (Å²) in [6.07, 6.45) is 1.26. The molecule has 28 heavy (non-hydrogen) atoms. The van der Waals surface area contributed by atoms with Crippen LogP contribution in [0.1, 0.15) is 10.4 Å². The van der Waals surface area contributed by atoms with Crippen LogP contribution < -0.4 is 4.90 Å². The lowest BCUT2D eigenvalue weighted by molar-refractivity contribution is -0.134. The van der Waals surface area contributed by atoms with E-state index in [4.69, 9.17) is 9.15 Å². The van der Waals surface area contributed by atoms with E-state index in [0.29, 0.717) is 37.3 Å². The molecule has 0 unspecified atom stereocenters. The van der Waals surface area contributed by atoms with Crippen molar-refractivity contribution in [1.29, 1.82) is 0 Å². The summed E-state index contributed by atoms with van der Waals surface area (Å²) in [6, 6.07) is 11.2. The van der Waals surface area contributed by atoms with Crippen molar-refractivity contribution >= 4 is 28.7 Å². The van der Waals surface area contributed by atoms with Crippen LogP contribution in [0.2, 0.25) is 0 Å². The Labute approximate surface area is 160 Å². The number of oxazole rings is 1. The topological polar surface area (TPSA) is 75.9 Å². The lowest BCUT2D eigenvalue weighted by Crippen LogP contribution is -2.49. The average molecular weight is 383 g/mol. The molecule has 4 rings (SSSR count). The monoisotopic (exact) mass is 383 g/mol. The summed E-state index contributed by atoms with van der Waals surface area (Å²) in [5, 5.41) is 0. The molecule has 0 spiro atoms. The fourth-order valence-electron chi connectivity index (χ4n) is 3.21. The molecule has 144 valence electrons. The molecule has 8 heteroatoms. The Morgan fingerprint density at radius 3 is 2.57 bits per heavy atom. The Balaban J connectivity index is 1.30. The van der Waals surface area contributed by atoms with E-state index in [1.54, 1.807) is 35.2 Å². The smallest absolute Gasteiger partial charge is 0.340 e. The van der Waals surface area contributed by atoms with Crippen molar-refractivity contribution in [2.45, 2.75) is 0 Å². The van der Waals surface area contributed by atoms with Crippen LogP contribution >= 0.6 is 0 Å². The van der Waals surface area contributed by atoms with Crippen molar-refractivity contribution < 1.29 is 23.1 Å². The minimum absolute atomic E-state index is 0.251. The number of hydrogen-bond acceptors (Lipinski definition) is 6. The van der Waals surface area contributed by atoms with Crippen LogP contribution in [0.15, 0.2) is 53.3 Å². The zero-order valence-corrected chi connectivity index (χ0v) is 15.0. The number of halogens is 1. The number of nitrogens with zero attached hydrogens (tertiary/aromatic N) is 3. The first-order chi connectivity index (χ1) is 13.6. The molecule has 1 saturated heterocycles. The second-order valence-electron chi connectivity index (χ2n) is 6.43. The van der Waals surface area contributed by atoms with Crippen LogP contribution in [-0.4, -0.2) is 54.5 Å². The second kappa shape index (κ2) is 7.67. The van der Waals surface area contributed by atoms with Gasteiger partial charge in [0.2, 0.25) is 0 Å². The largest absolute Gasteiger partial charge is 0.452 e. The summed E-state index contributed by atoms with van der Waals surface area (Å²) < 4.78 is 23.4. The maximum Gasteiger partial charge on any atom is 0.340 e. The van der Waals surface area contributed by atoms with Gasteiger partial charge in [0.1, 0.15) is 11.3 Å². The molecule has 2 heterocycles. The first kappa shape index (κ1) is 18.0. The van der Waals surface area contributed by atoms with Crippen molar-refractivity contribution in [2.75, 3.05) is 37.7 Å². The highest BCUT2D eigenvalue weighted by atomic mass is 19.1. The molecular formula is C20H18FN3O4. The molecule has 0 bridgehead atoms. The van der Waals surface area contributed by atoms with Gasteiger partial charge in [0.15, 0.2) is 18.6 Å². The molecule has 2 aromatic carbocycles. The number of aromatic nitrogens is 1. The van der Waals surface area contributed by atoms with Crippen LogP contribution in [0.4, 0.5) is 10.1 Å². The summed E-state index contributed by atoms with van der Waals surface area (Å²) in [4.78, 5) is 32.4. The zero-order chi connectivity index (χ0) is 19.5. The highest BCUT2D eigenvalue weighted by molar-refractivity contribution is 6.01. The fourth-order valence-corrected chi connectivity index (χ4v) is 3.21. The molecule has 0 atom stereocenters. The van der Waals surface area contributed by atoms with E-state index in [9.17, 15) is 14.0 Å². The van der Waals surface area contributed by atoms with Crippen molar-refractivity contribution in [2.24, 2.45) is 0 Å². The molecule has 7 nitrogen and oxygen atoms in total. The standard InChI is InChI=1S/C20H18FN3O4/c21-14-4-6-15(7-5-14)23-8-10-24(11-9-23)18(25)12-27-20(26)16-2-1-3-17-19(16)22-13-28-17/h1-7,13H,8-12H2. The first-order valence-electron chi connectivity index (χ1n) is 8.89. The lowest BCUT2D eigenvalue weighted by Gasteiger charge is -2.36. The molecule has 0 N–H and O–H groups in total. The van der Waals surface area contributed by atoms with Crippen LogP contribution in [0.25, 0.3) is 11.1 Å². The van der Waals surface area contributed by atoms with Crippen LogP contribution in [0, 0.1) is 5.82 Å². The summed E-state index contributed by atoms with van der Waals surface area (Å²) >= 11 is 0. The summed E-state index contributed by atoms with van der Waals surface area (Å²) in [5.41, 5.74) is 2.08. The van der Waals surface area contributed by atoms with Gasteiger partial charge in [-0.3, -0.25) is 4.79 Å². The number of ether oxygens (including phenoxy) is 1. The Morgan fingerprint density at radius 1 is 1.07 bits per heavy atom. The minimum Gasteiger partial charge on any atom is -0.452 e. The predicted molar refractivity (Wildman–Crippen MR) is 99.5 cm³/mol. The van der Waals surface area contributed by atoms with Crippen molar-refractivity contribution in [3.8, 4) is 0 Å². The van der Waals surface area contributed by atoms with Gasteiger partial charge in [-0.05, 0) is 36.4 Å². The molecule has 0 saturated carbocycles. The number of benzene rings is 2. The van der Waals surface area contributed by atoms with Gasteiger partial charge in [0.25, 0.3) is 5.91 Å². The van der Waals surface area contributed by atoms with Gasteiger partial charge >= 0.3 is 5.97 Å². The maximum absolute atomic E-state index is 13.0. The number of esters is 1. The van der Waals surface area contributed by atoms with E-state index in [0.717, 1.165) is 5.69 Å². The molecular weight excluding hydrogens is 365 g/mol. The van der Waals surface area contributed by atoms with E-state index >= 15 is 0 Å². The quantitative estimate of drug-likeness (QED) is 0.645. The van der Waals surface area contributed by atoms with Gasteiger partial charge in [-0.1, -0.05) is 6.07 Å². The summed E-state index contributed by atoms with van der Waals surface area (Å²) in [5.74, 6) is -1.14. The molecule has 1 aromatic heterocycles. The third-order valence-corrected chi connectivity index (χ3v) is 4.73. The zero-order valence-electron chi connectivity index (χ0n) is 15.0. The van der Waals surface area contributed by atoms with Gasteiger partial charge in [-0.15, -0.1) is 0 Å². The number of hydrogen-bond donors (Lipinski definition) is 0. The Morgan fingerprint density at radius 2 is 1.82 bits per heavy atom. The van der Waals surface area contributed by atoms with E-state index in [-0.39, 0.29) is 23.9 Å². The summed E-state index contributed by atoms with van der Waals surface area (Å²) in [7, 11) is 0. The van der Waals surface area contributed by atoms with Crippen molar-refractivity contribution in [3.05, 3.63) is 60.2 Å². The number of rotatable bonds is 4. The second-order valence-corrected chi connectivity index (χ2v) is 6.43. The van der Waals surface area contributed by atoms with Gasteiger partial charge < -0.3 is 19.0 Å². The SMILES string of the molecule is O=C(OCC(=O)N1CCN(c2ccc(F)cc2)CC1)c1cccc2ocnc12. The number of para-hydroxylation sites is 1. The highest BCUT2D eigenvalue weighted by Gasteiger charge is 2.23. The number of carbonyl (C=O) groups excluding carboxylic acids is 2. The number of piperazine rings is 1. The van der Waals surface area contributed by atoms with Crippen LogP contribution in [0.3, 0.4) is 0 Å². The van der Waals surface area contributed by atoms with E-state index in [2.05, 4.69) is 9.88 Å². The van der Waals surface area contributed by atoms with Crippen molar-refractivity contribution in [3.63, 3.8) is 0 Å². The third-order valence-electron chi connectivity index (χ3n) is 4.73. The van der Waals surface area contributed by atoms with Gasteiger partial charge in [-0.2, -0.15) is 0 Å². The molecule has 0 radical (unpaired) electrons. The molecule has 1 fully saturated rings. The Kier molecular flexibility index (Phi) is 4.92. The Hall–Kier alpha value is -3.42. The predicted octanol–water partition coefficient (Wildman–Crippen LogP) is 2.47. The lowest BCUT2D eigenvalue weighted by atomic mass is 10.2. The van der Waals surface area contributed by atoms with Gasteiger partial charge in [0.05, 0.1) is 5.56 Å². The van der Waals surface area contributed by atoms with Gasteiger partial charge in [-0.25, -0.2) is 14.2 Å². The van der Waals surface area contributed by atoms with E-state index in [1.165, 1.54) is 18.5 Å². The van der Waals surface area contributed by atoms with Crippen LogP contribution in [-0.2, 0) is 9.53 Å². The summed E-state index contributed by atoms with van der Waals surface area (Å²) in [6.45, 7) is 1.94. The van der Waals surface area contributed by atoms with E-state index < -0.39 is 5.97 Å².